The van der Waals surface area contributed by atoms with Gasteiger partial charge in [0.1, 0.15) is 11.6 Å². The van der Waals surface area contributed by atoms with E-state index in [1.807, 2.05) is 0 Å². The predicted octanol–water partition coefficient (Wildman–Crippen LogP) is 3.70. The van der Waals surface area contributed by atoms with Crippen LogP contribution in [0.1, 0.15) is 15.9 Å². The lowest BCUT2D eigenvalue weighted by Crippen LogP contribution is -2.31. The Morgan fingerprint density at radius 3 is 2.54 bits per heavy atom. The molecule has 2 rings (SSSR count). The maximum atomic E-state index is 13.9. The quantitative estimate of drug-likeness (QED) is 0.460. The Hall–Kier alpha value is -3.09. The maximum absolute atomic E-state index is 13.9. The number of hydrogen-bond acceptors (Lipinski definition) is 3. The number of halogens is 2. The molecule has 24 heavy (non-hydrogen) atoms. The number of hydrogen-bond donors (Lipinski definition) is 0. The molecule has 0 saturated heterocycles. The van der Waals surface area contributed by atoms with Crippen LogP contribution < -0.4 is 0 Å². The van der Waals surface area contributed by atoms with E-state index in [0.29, 0.717) is 0 Å². The molecule has 2 aromatic carbocycles. The van der Waals surface area contributed by atoms with Crippen molar-refractivity contribution in [2.24, 2.45) is 0 Å². The Kier molecular flexibility index (Phi) is 5.36. The van der Waals surface area contributed by atoms with Crippen molar-refractivity contribution in [3.05, 3.63) is 88.0 Å². The Balaban J connectivity index is 2.36. The van der Waals surface area contributed by atoms with Crippen LogP contribution in [-0.2, 0) is 6.54 Å². The van der Waals surface area contributed by atoms with Crippen molar-refractivity contribution in [2.75, 3.05) is 6.54 Å². The summed E-state index contributed by atoms with van der Waals surface area (Å²) in [6.45, 7) is 3.44. The molecule has 7 heteroatoms. The third-order valence-electron chi connectivity index (χ3n) is 3.35. The van der Waals surface area contributed by atoms with Crippen LogP contribution in [0.15, 0.2) is 55.1 Å². The lowest BCUT2D eigenvalue weighted by molar-refractivity contribution is -0.384. The second kappa shape index (κ2) is 7.45. The van der Waals surface area contributed by atoms with Crippen molar-refractivity contribution in [2.45, 2.75) is 6.54 Å². The Bertz CT molecular complexity index is 793. The van der Waals surface area contributed by atoms with E-state index in [1.54, 1.807) is 6.07 Å². The highest BCUT2D eigenvalue weighted by molar-refractivity contribution is 5.95. The zero-order chi connectivity index (χ0) is 17.7. The molecule has 0 unspecified atom stereocenters. The topological polar surface area (TPSA) is 63.5 Å². The van der Waals surface area contributed by atoms with Gasteiger partial charge in [0.25, 0.3) is 11.6 Å². The van der Waals surface area contributed by atoms with Gasteiger partial charge in [-0.3, -0.25) is 14.9 Å². The van der Waals surface area contributed by atoms with Gasteiger partial charge in [0.2, 0.25) is 0 Å². The molecule has 0 N–H and O–H groups in total. The first-order valence-electron chi connectivity index (χ1n) is 7.01. The average Bonchev–Trinajstić information content (AvgIpc) is 2.56. The SMILES string of the molecule is C=CCN(Cc1ccccc1F)C(=O)c1cc([N+](=O)[O-])ccc1F. The average molecular weight is 332 g/mol. The lowest BCUT2D eigenvalue weighted by Gasteiger charge is -2.21. The number of nitro groups is 1. The molecule has 0 radical (unpaired) electrons. The highest BCUT2D eigenvalue weighted by Crippen LogP contribution is 2.20. The van der Waals surface area contributed by atoms with Crippen molar-refractivity contribution in [3.8, 4) is 0 Å². The van der Waals surface area contributed by atoms with Gasteiger partial charge in [0.05, 0.1) is 10.5 Å². The van der Waals surface area contributed by atoms with Crippen molar-refractivity contribution in [3.63, 3.8) is 0 Å². The second-order valence-electron chi connectivity index (χ2n) is 4.99. The third kappa shape index (κ3) is 3.81. The Labute approximate surface area is 137 Å². The van der Waals surface area contributed by atoms with Crippen LogP contribution in [0.2, 0.25) is 0 Å². The second-order valence-corrected chi connectivity index (χ2v) is 4.99. The van der Waals surface area contributed by atoms with Gasteiger partial charge >= 0.3 is 0 Å². The molecule has 0 heterocycles. The van der Waals surface area contributed by atoms with Crippen molar-refractivity contribution in [1.29, 1.82) is 0 Å². The molecule has 0 saturated carbocycles. The van der Waals surface area contributed by atoms with Crippen LogP contribution >= 0.6 is 0 Å². The van der Waals surface area contributed by atoms with Crippen LogP contribution in [0.3, 0.4) is 0 Å². The molecule has 5 nitrogen and oxygen atoms in total. The van der Waals surface area contributed by atoms with Crippen molar-refractivity contribution in [1.82, 2.24) is 4.90 Å². The van der Waals surface area contributed by atoms with E-state index >= 15 is 0 Å². The standard InChI is InChI=1S/C17H14F2N2O3/c1-2-9-20(11-12-5-3-4-6-15(12)18)17(22)14-10-13(21(23)24)7-8-16(14)19/h2-8,10H,1,9,11H2. The molecule has 0 fully saturated rings. The highest BCUT2D eigenvalue weighted by Gasteiger charge is 2.22. The van der Waals surface area contributed by atoms with Gasteiger partial charge in [-0.1, -0.05) is 24.3 Å². The van der Waals surface area contributed by atoms with Gasteiger partial charge in [0.15, 0.2) is 0 Å². The van der Waals surface area contributed by atoms with Gasteiger partial charge in [0, 0.05) is 30.8 Å². The minimum absolute atomic E-state index is 0.0370. The molecule has 2 aromatic rings. The first-order valence-corrected chi connectivity index (χ1v) is 7.01. The number of nitro benzene ring substituents is 1. The van der Waals surface area contributed by atoms with E-state index in [-0.39, 0.29) is 18.7 Å². The normalized spacial score (nSPS) is 10.2. The first-order chi connectivity index (χ1) is 11.4. The number of rotatable bonds is 6. The van der Waals surface area contributed by atoms with E-state index in [2.05, 4.69) is 6.58 Å². The highest BCUT2D eigenvalue weighted by atomic mass is 19.1. The fourth-order valence-corrected chi connectivity index (χ4v) is 2.17. The van der Waals surface area contributed by atoms with Crippen LogP contribution in [0.4, 0.5) is 14.5 Å². The minimum Gasteiger partial charge on any atom is -0.330 e. The Morgan fingerprint density at radius 1 is 1.21 bits per heavy atom. The summed E-state index contributed by atoms with van der Waals surface area (Å²) in [4.78, 5) is 23.8. The van der Waals surface area contributed by atoms with Crippen molar-refractivity contribution >= 4 is 11.6 Å². The molecule has 124 valence electrons. The van der Waals surface area contributed by atoms with Gasteiger partial charge < -0.3 is 4.90 Å². The van der Waals surface area contributed by atoms with Gasteiger partial charge in [-0.05, 0) is 12.1 Å². The molecule has 0 aliphatic rings. The number of carbonyl (C=O) groups is 1. The number of carbonyl (C=O) groups excluding carboxylic acids is 1. The molecule has 0 bridgehead atoms. The Morgan fingerprint density at radius 2 is 1.92 bits per heavy atom. The number of benzene rings is 2. The maximum Gasteiger partial charge on any atom is 0.270 e. The predicted molar refractivity (Wildman–Crippen MR) is 84.4 cm³/mol. The summed E-state index contributed by atoms with van der Waals surface area (Å²) in [5.74, 6) is -2.16. The summed E-state index contributed by atoms with van der Waals surface area (Å²) < 4.78 is 27.7. The van der Waals surface area contributed by atoms with Crippen LogP contribution in [-0.4, -0.2) is 22.3 Å². The van der Waals surface area contributed by atoms with Gasteiger partial charge in [-0.25, -0.2) is 8.78 Å². The first kappa shape index (κ1) is 17.3. The molecule has 0 aliphatic carbocycles. The van der Waals surface area contributed by atoms with E-state index < -0.39 is 33.7 Å². The smallest absolute Gasteiger partial charge is 0.270 e. The number of non-ortho nitro benzene ring substituents is 1. The van der Waals surface area contributed by atoms with Gasteiger partial charge in [-0.2, -0.15) is 0 Å². The minimum atomic E-state index is -0.881. The fraction of sp³-hybridized carbons (Fsp3) is 0.118. The molecule has 0 atom stereocenters. The van der Waals surface area contributed by atoms with Crippen molar-refractivity contribution < 1.29 is 18.5 Å². The number of amides is 1. The summed E-state index contributed by atoms with van der Waals surface area (Å²) in [6.07, 6.45) is 1.41. The summed E-state index contributed by atoms with van der Waals surface area (Å²) in [7, 11) is 0. The molecule has 0 aromatic heterocycles. The van der Waals surface area contributed by atoms with E-state index in [4.69, 9.17) is 0 Å². The molecular formula is C17H14F2N2O3. The molecule has 1 amide bonds. The monoisotopic (exact) mass is 332 g/mol. The lowest BCUT2D eigenvalue weighted by atomic mass is 10.1. The summed E-state index contributed by atoms with van der Waals surface area (Å²) in [5.41, 5.74) is -0.592. The summed E-state index contributed by atoms with van der Waals surface area (Å²) in [5, 5.41) is 10.8. The van der Waals surface area contributed by atoms with Crippen LogP contribution in [0.25, 0.3) is 0 Å². The molecule has 0 aliphatic heterocycles. The van der Waals surface area contributed by atoms with Crippen LogP contribution in [0, 0.1) is 21.7 Å². The van der Waals surface area contributed by atoms with E-state index in [9.17, 15) is 23.7 Å². The van der Waals surface area contributed by atoms with E-state index in [0.717, 1.165) is 23.1 Å². The fourth-order valence-electron chi connectivity index (χ4n) is 2.17. The molecular weight excluding hydrogens is 318 g/mol. The largest absolute Gasteiger partial charge is 0.330 e. The van der Waals surface area contributed by atoms with E-state index in [1.165, 1.54) is 24.3 Å². The zero-order valence-corrected chi connectivity index (χ0v) is 12.6. The summed E-state index contributed by atoms with van der Waals surface area (Å²) >= 11 is 0. The summed E-state index contributed by atoms with van der Waals surface area (Å²) in [6, 6.07) is 8.58. The zero-order valence-electron chi connectivity index (χ0n) is 12.6. The molecule has 0 spiro atoms. The number of nitrogens with zero attached hydrogens (tertiary/aromatic N) is 2. The van der Waals surface area contributed by atoms with Crippen LogP contribution in [0.5, 0.6) is 0 Å². The van der Waals surface area contributed by atoms with Gasteiger partial charge in [-0.15, -0.1) is 6.58 Å². The third-order valence-corrected chi connectivity index (χ3v) is 3.35.